The average molecular weight is 593 g/mol. The second-order valence-electron chi connectivity index (χ2n) is 9.88. The van der Waals surface area contributed by atoms with E-state index in [0.29, 0.717) is 24.9 Å². The zero-order chi connectivity index (χ0) is 30.8. The predicted molar refractivity (Wildman–Crippen MR) is 143 cm³/mol. The van der Waals surface area contributed by atoms with E-state index in [2.05, 4.69) is 5.32 Å². The van der Waals surface area contributed by atoms with E-state index in [0.717, 1.165) is 23.3 Å². The number of ether oxygens (including phenoxy) is 3. The predicted octanol–water partition coefficient (Wildman–Crippen LogP) is -0.445. The van der Waals surface area contributed by atoms with Crippen LogP contribution in [0.5, 0.6) is 5.75 Å². The number of imide groups is 1. The lowest BCUT2D eigenvalue weighted by atomic mass is 9.99. The molecule has 1 aromatic carbocycles. The van der Waals surface area contributed by atoms with Crippen molar-refractivity contribution in [3.05, 3.63) is 41.5 Å². The highest BCUT2D eigenvalue weighted by Gasteiger charge is 2.48. The van der Waals surface area contributed by atoms with Crippen LogP contribution in [-0.4, -0.2) is 98.8 Å². The highest BCUT2D eigenvalue weighted by molar-refractivity contribution is 6.13. The van der Waals surface area contributed by atoms with E-state index in [-0.39, 0.29) is 37.6 Å². The molecule has 0 saturated carbocycles. The zero-order valence-corrected chi connectivity index (χ0v) is 23.1. The molecule has 5 atom stereocenters. The number of rotatable bonds is 15. The number of amides is 3. The molecule has 0 aliphatic carbocycles. The fourth-order valence-corrected chi connectivity index (χ4v) is 4.33. The van der Waals surface area contributed by atoms with Gasteiger partial charge in [-0.3, -0.25) is 24.1 Å². The molecule has 5 N–H and O–H groups in total. The van der Waals surface area contributed by atoms with Crippen LogP contribution in [0.1, 0.15) is 50.2 Å². The Balaban J connectivity index is 1.52. The SMILES string of the molecule is CCC(=O)OCc1ccc(CCCCCNC(=O)CCN2C(=O)C=CC2=O)cc1O[C@@H]1O[C@H](C(=O)O)[C@@H](O)[C@H](O)[C@H]1O. The Labute approximate surface area is 241 Å². The van der Waals surface area contributed by atoms with Crippen LogP contribution in [0.25, 0.3) is 0 Å². The van der Waals surface area contributed by atoms with E-state index in [1.165, 1.54) is 12.2 Å². The molecule has 0 bridgehead atoms. The normalized spacial score (nSPS) is 23.6. The van der Waals surface area contributed by atoms with Crippen LogP contribution in [0.4, 0.5) is 0 Å². The molecule has 3 rings (SSSR count). The molecule has 14 nitrogen and oxygen atoms in total. The largest absolute Gasteiger partial charge is 0.479 e. The maximum atomic E-state index is 12.0. The zero-order valence-electron chi connectivity index (χ0n) is 23.1. The van der Waals surface area contributed by atoms with E-state index in [1.807, 2.05) is 0 Å². The van der Waals surface area contributed by atoms with Crippen molar-refractivity contribution in [2.75, 3.05) is 13.1 Å². The van der Waals surface area contributed by atoms with Crippen molar-refractivity contribution in [2.24, 2.45) is 0 Å². The van der Waals surface area contributed by atoms with Crippen molar-refractivity contribution in [3.8, 4) is 5.75 Å². The van der Waals surface area contributed by atoms with Crippen molar-refractivity contribution >= 4 is 29.7 Å². The number of aliphatic carboxylic acids is 1. The van der Waals surface area contributed by atoms with Crippen molar-refractivity contribution < 1.29 is 58.6 Å². The van der Waals surface area contributed by atoms with Crippen LogP contribution in [-0.2, 0) is 46.5 Å². The van der Waals surface area contributed by atoms with Gasteiger partial charge >= 0.3 is 11.9 Å². The van der Waals surface area contributed by atoms with Gasteiger partial charge in [0, 0.05) is 43.6 Å². The van der Waals surface area contributed by atoms with Gasteiger partial charge < -0.3 is 40.0 Å². The number of nitrogens with zero attached hydrogens (tertiary/aromatic N) is 1. The second kappa shape index (κ2) is 15.4. The van der Waals surface area contributed by atoms with E-state index >= 15 is 0 Å². The molecule has 3 amide bonds. The van der Waals surface area contributed by atoms with E-state index < -0.39 is 54.5 Å². The molecular weight excluding hydrogens is 556 g/mol. The number of hydrogen-bond acceptors (Lipinski definition) is 11. The van der Waals surface area contributed by atoms with Gasteiger partial charge in [-0.05, 0) is 30.9 Å². The Morgan fingerprint density at radius 3 is 2.38 bits per heavy atom. The van der Waals surface area contributed by atoms with Crippen LogP contribution in [0.2, 0.25) is 0 Å². The summed E-state index contributed by atoms with van der Waals surface area (Å²) in [7, 11) is 0. The lowest BCUT2D eigenvalue weighted by Gasteiger charge is -2.38. The quantitative estimate of drug-likeness (QED) is 0.0997. The number of benzene rings is 1. The lowest BCUT2D eigenvalue weighted by molar-refractivity contribution is -0.271. The molecule has 42 heavy (non-hydrogen) atoms. The summed E-state index contributed by atoms with van der Waals surface area (Å²) < 4.78 is 16.2. The van der Waals surface area contributed by atoms with Gasteiger partial charge in [0.05, 0.1) is 0 Å². The first-order valence-electron chi connectivity index (χ1n) is 13.7. The smallest absolute Gasteiger partial charge is 0.335 e. The maximum absolute atomic E-state index is 12.0. The molecule has 14 heteroatoms. The Morgan fingerprint density at radius 2 is 1.71 bits per heavy atom. The second-order valence-corrected chi connectivity index (χ2v) is 9.88. The number of aryl methyl sites for hydroxylation is 1. The van der Waals surface area contributed by atoms with Crippen LogP contribution in [0.3, 0.4) is 0 Å². The van der Waals surface area contributed by atoms with Gasteiger partial charge in [0.2, 0.25) is 12.2 Å². The summed E-state index contributed by atoms with van der Waals surface area (Å²) in [5.74, 6) is -2.98. The summed E-state index contributed by atoms with van der Waals surface area (Å²) in [5, 5.41) is 42.5. The summed E-state index contributed by atoms with van der Waals surface area (Å²) in [5.41, 5.74) is 1.23. The van der Waals surface area contributed by atoms with Gasteiger partial charge in [0.15, 0.2) is 6.10 Å². The Kier molecular flexibility index (Phi) is 12.0. The summed E-state index contributed by atoms with van der Waals surface area (Å²) in [4.78, 5) is 59.2. The number of nitrogens with one attached hydrogen (secondary N) is 1. The average Bonchev–Trinajstić information content (AvgIpc) is 3.29. The molecule has 0 radical (unpaired) electrons. The topological polar surface area (TPSA) is 209 Å². The first kappa shape index (κ1) is 32.7. The van der Waals surface area contributed by atoms with Gasteiger partial charge in [-0.2, -0.15) is 0 Å². The van der Waals surface area contributed by atoms with Gasteiger partial charge in [-0.1, -0.05) is 25.5 Å². The van der Waals surface area contributed by atoms with Crippen LogP contribution < -0.4 is 10.1 Å². The summed E-state index contributed by atoms with van der Waals surface area (Å²) >= 11 is 0. The minimum Gasteiger partial charge on any atom is -0.479 e. The highest BCUT2D eigenvalue weighted by atomic mass is 16.7. The minimum absolute atomic E-state index is 0.0183. The third kappa shape index (κ3) is 8.82. The summed E-state index contributed by atoms with van der Waals surface area (Å²) in [6.45, 7) is 1.92. The number of aliphatic hydroxyl groups excluding tert-OH is 3. The monoisotopic (exact) mass is 592 g/mol. The first-order valence-corrected chi connectivity index (χ1v) is 13.7. The first-order chi connectivity index (χ1) is 20.0. The number of aliphatic hydroxyl groups is 3. The third-order valence-electron chi connectivity index (χ3n) is 6.79. The number of carbonyl (C=O) groups is 5. The maximum Gasteiger partial charge on any atom is 0.335 e. The number of carbonyl (C=O) groups excluding carboxylic acids is 4. The minimum atomic E-state index is -1.87. The fourth-order valence-electron chi connectivity index (χ4n) is 4.33. The number of carboxylic acids is 1. The van der Waals surface area contributed by atoms with Crippen molar-refractivity contribution in [1.29, 1.82) is 0 Å². The molecule has 1 aromatic rings. The van der Waals surface area contributed by atoms with Gasteiger partial charge in [-0.15, -0.1) is 0 Å². The molecule has 1 saturated heterocycles. The molecule has 2 aliphatic heterocycles. The Hall–Kier alpha value is -3.85. The molecular formula is C28H36N2O12. The molecule has 0 unspecified atom stereocenters. The summed E-state index contributed by atoms with van der Waals surface area (Å²) in [6, 6.07) is 5.10. The van der Waals surface area contributed by atoms with Gasteiger partial charge in [0.25, 0.3) is 11.8 Å². The van der Waals surface area contributed by atoms with Crippen molar-refractivity contribution in [1.82, 2.24) is 10.2 Å². The molecule has 2 aliphatic rings. The Bertz CT molecular complexity index is 1170. The number of carboxylic acid groups (broad SMARTS) is 1. The van der Waals surface area contributed by atoms with Crippen LogP contribution >= 0.6 is 0 Å². The number of unbranched alkanes of at least 4 members (excludes halogenated alkanes) is 2. The highest BCUT2D eigenvalue weighted by Crippen LogP contribution is 2.29. The lowest BCUT2D eigenvalue weighted by Crippen LogP contribution is -2.61. The third-order valence-corrected chi connectivity index (χ3v) is 6.79. The van der Waals surface area contributed by atoms with E-state index in [1.54, 1.807) is 25.1 Å². The molecule has 0 spiro atoms. The molecule has 0 aromatic heterocycles. The van der Waals surface area contributed by atoms with E-state index in [4.69, 9.17) is 14.2 Å². The van der Waals surface area contributed by atoms with Crippen molar-refractivity contribution in [2.45, 2.75) is 82.8 Å². The van der Waals surface area contributed by atoms with Crippen LogP contribution in [0, 0.1) is 0 Å². The van der Waals surface area contributed by atoms with Crippen molar-refractivity contribution in [3.63, 3.8) is 0 Å². The van der Waals surface area contributed by atoms with Crippen LogP contribution in [0.15, 0.2) is 30.4 Å². The number of hydrogen-bond donors (Lipinski definition) is 5. The van der Waals surface area contributed by atoms with Gasteiger partial charge in [0.1, 0.15) is 30.7 Å². The van der Waals surface area contributed by atoms with E-state index in [9.17, 15) is 44.4 Å². The standard InChI is InChI=1S/C28H36N2O12/c1-2-22(34)40-15-17-8-7-16(14-18(17)41-28-25(37)23(35)24(36)26(42-28)27(38)39)6-4-3-5-12-29-19(31)11-13-30-20(32)9-10-21(30)33/h7-10,14,23-26,28,35-37H,2-6,11-13,15H2,1H3,(H,29,31)(H,38,39)/t23-,24-,25+,26-,28+/m0/s1. The molecule has 230 valence electrons. The van der Waals surface area contributed by atoms with Gasteiger partial charge in [-0.25, -0.2) is 4.79 Å². The summed E-state index contributed by atoms with van der Waals surface area (Å²) in [6.07, 6.45) is -3.64. The fraction of sp³-hybridized carbons (Fsp3) is 0.536. The number of esters is 1. The molecule has 1 fully saturated rings. The Morgan fingerprint density at radius 1 is 1.00 bits per heavy atom. The molecule has 2 heterocycles.